The average Bonchev–Trinajstić information content (AvgIpc) is 2.43. The maximum absolute atomic E-state index is 14.0. The molecule has 1 aliphatic heterocycles. The third-order valence-electron chi connectivity index (χ3n) is 3.05. The highest BCUT2D eigenvalue weighted by Crippen LogP contribution is 2.25. The molecule has 0 aromatic heterocycles. The number of carbonyl (C=O) groups is 2. The molecule has 0 radical (unpaired) electrons. The summed E-state index contributed by atoms with van der Waals surface area (Å²) in [5.41, 5.74) is -0.663. The van der Waals surface area contributed by atoms with Crippen LogP contribution in [0.5, 0.6) is 0 Å². The van der Waals surface area contributed by atoms with E-state index in [2.05, 4.69) is 15.0 Å². The molecule has 1 aromatic rings. The van der Waals surface area contributed by atoms with Gasteiger partial charge in [-0.1, -0.05) is 0 Å². The van der Waals surface area contributed by atoms with Crippen LogP contribution >= 0.6 is 0 Å². The maximum atomic E-state index is 14.0. The lowest BCUT2D eigenvalue weighted by atomic mass is 10.1. The van der Waals surface area contributed by atoms with E-state index in [4.69, 9.17) is 4.74 Å². The Morgan fingerprint density at radius 2 is 2.12 bits per heavy atom. The number of carbonyl (C=O) groups excluding carboxylic acids is 2. The summed E-state index contributed by atoms with van der Waals surface area (Å²) in [5.74, 6) is -1.60. The lowest BCUT2D eigenvalue weighted by molar-refractivity contribution is 0.0561. The first kappa shape index (κ1) is 18.8. The van der Waals surface area contributed by atoms with Gasteiger partial charge in [-0.15, -0.1) is 0 Å². The standard InChI is InChI=1S/C15H18FN3O5S/c1-15(2,3)24-14(21)18-13-17-12(8-25(22,23)19-13)10-6-9(7-20)4-5-11(10)16/h4-7,12H,8H2,1-3H3,(H2,17,18,19,21). The Bertz CT molecular complexity index is 830. The summed E-state index contributed by atoms with van der Waals surface area (Å²) < 4.78 is 45.1. The van der Waals surface area contributed by atoms with Crippen molar-refractivity contribution in [1.29, 1.82) is 0 Å². The molecule has 1 amide bonds. The number of hydrogen-bond donors (Lipinski definition) is 2. The lowest BCUT2D eigenvalue weighted by Gasteiger charge is -2.24. The fourth-order valence-electron chi connectivity index (χ4n) is 2.12. The second kappa shape index (κ2) is 6.79. The SMILES string of the molecule is CC(C)(C)OC(=O)NC1=NC(c2cc(C=O)ccc2F)CS(=O)(=O)N1. The van der Waals surface area contributed by atoms with Crippen LogP contribution in [0.2, 0.25) is 0 Å². The fraction of sp³-hybridized carbons (Fsp3) is 0.400. The molecule has 1 heterocycles. The van der Waals surface area contributed by atoms with Crippen molar-refractivity contribution in [3.8, 4) is 0 Å². The lowest BCUT2D eigenvalue weighted by Crippen LogP contribution is -2.49. The Morgan fingerprint density at radius 3 is 2.72 bits per heavy atom. The average molecular weight is 371 g/mol. The van der Waals surface area contributed by atoms with Crippen molar-refractivity contribution < 1.29 is 27.1 Å². The molecule has 136 valence electrons. The van der Waals surface area contributed by atoms with E-state index < -0.39 is 39.3 Å². The molecule has 0 saturated heterocycles. The van der Waals surface area contributed by atoms with E-state index in [-0.39, 0.29) is 17.1 Å². The Hall–Kier alpha value is -2.49. The first-order valence-electron chi connectivity index (χ1n) is 7.32. The number of sulfonamides is 1. The number of aldehydes is 1. The van der Waals surface area contributed by atoms with Gasteiger partial charge in [-0.2, -0.15) is 0 Å². The fourth-order valence-corrected chi connectivity index (χ4v) is 3.28. The number of halogens is 1. The van der Waals surface area contributed by atoms with Gasteiger partial charge in [0.05, 0.1) is 11.8 Å². The van der Waals surface area contributed by atoms with Crippen LogP contribution in [-0.2, 0) is 14.8 Å². The quantitative estimate of drug-likeness (QED) is 0.765. The zero-order chi connectivity index (χ0) is 18.8. The van der Waals surface area contributed by atoms with E-state index in [0.717, 1.165) is 6.07 Å². The normalized spacial score (nSPS) is 19.4. The first-order valence-corrected chi connectivity index (χ1v) is 8.97. The molecule has 0 saturated carbocycles. The number of nitrogens with zero attached hydrogens (tertiary/aromatic N) is 1. The third-order valence-corrected chi connectivity index (χ3v) is 4.31. The molecular formula is C15H18FN3O5S. The van der Waals surface area contributed by atoms with Crippen molar-refractivity contribution in [3.63, 3.8) is 0 Å². The summed E-state index contributed by atoms with van der Waals surface area (Å²) in [4.78, 5) is 26.7. The Kier molecular flexibility index (Phi) is 5.12. The minimum Gasteiger partial charge on any atom is -0.444 e. The van der Waals surface area contributed by atoms with Crippen molar-refractivity contribution in [1.82, 2.24) is 10.0 Å². The summed E-state index contributed by atoms with van der Waals surface area (Å²) in [6.07, 6.45) is -0.390. The van der Waals surface area contributed by atoms with Crippen LogP contribution in [0.1, 0.15) is 42.7 Å². The number of hydrogen-bond acceptors (Lipinski definition) is 6. The largest absolute Gasteiger partial charge is 0.444 e. The maximum Gasteiger partial charge on any atom is 0.414 e. The highest BCUT2D eigenvalue weighted by Gasteiger charge is 2.30. The molecule has 0 fully saturated rings. The van der Waals surface area contributed by atoms with E-state index in [1.54, 1.807) is 20.8 Å². The van der Waals surface area contributed by atoms with Crippen LogP contribution in [0.15, 0.2) is 23.2 Å². The van der Waals surface area contributed by atoms with Crippen LogP contribution in [-0.4, -0.2) is 38.1 Å². The monoisotopic (exact) mass is 371 g/mol. The second-order valence-electron chi connectivity index (χ2n) is 6.40. The highest BCUT2D eigenvalue weighted by molar-refractivity contribution is 7.90. The van der Waals surface area contributed by atoms with Crippen LogP contribution in [0.4, 0.5) is 9.18 Å². The molecule has 2 rings (SSSR count). The zero-order valence-corrected chi connectivity index (χ0v) is 14.7. The Morgan fingerprint density at radius 1 is 1.44 bits per heavy atom. The topological polar surface area (TPSA) is 114 Å². The number of aliphatic imine (C=N–C) groups is 1. The minimum atomic E-state index is -3.86. The summed E-state index contributed by atoms with van der Waals surface area (Å²) >= 11 is 0. The van der Waals surface area contributed by atoms with Crippen LogP contribution in [0.25, 0.3) is 0 Å². The van der Waals surface area contributed by atoms with Crippen LogP contribution < -0.4 is 10.0 Å². The molecule has 1 aromatic carbocycles. The number of rotatable bonds is 2. The molecule has 1 unspecified atom stereocenters. The number of nitrogens with one attached hydrogen (secondary N) is 2. The van der Waals surface area contributed by atoms with Gasteiger partial charge in [-0.3, -0.25) is 14.8 Å². The van der Waals surface area contributed by atoms with Crippen molar-refractivity contribution in [3.05, 3.63) is 35.1 Å². The molecular weight excluding hydrogens is 353 g/mol. The third kappa shape index (κ3) is 5.24. The molecule has 2 N–H and O–H groups in total. The van der Waals surface area contributed by atoms with Crippen LogP contribution in [0, 0.1) is 5.82 Å². The van der Waals surface area contributed by atoms with E-state index in [0.29, 0.717) is 6.29 Å². The summed E-state index contributed by atoms with van der Waals surface area (Å²) in [5, 5.41) is 2.19. The summed E-state index contributed by atoms with van der Waals surface area (Å²) in [6, 6.07) is 2.44. The van der Waals surface area contributed by atoms with Gasteiger partial charge in [0.15, 0.2) is 0 Å². The minimum absolute atomic E-state index is 0.0573. The predicted molar refractivity (Wildman–Crippen MR) is 88.3 cm³/mol. The molecule has 10 heteroatoms. The number of amides is 1. The summed E-state index contributed by atoms with van der Waals surface area (Å²) in [6.45, 7) is 4.92. The van der Waals surface area contributed by atoms with E-state index in [1.807, 2.05) is 0 Å². The van der Waals surface area contributed by atoms with Gasteiger partial charge in [0.1, 0.15) is 17.7 Å². The van der Waals surface area contributed by atoms with Gasteiger partial charge >= 0.3 is 6.09 Å². The van der Waals surface area contributed by atoms with Crippen molar-refractivity contribution >= 4 is 28.4 Å². The van der Waals surface area contributed by atoms with Gasteiger partial charge in [0.2, 0.25) is 16.0 Å². The molecule has 8 nitrogen and oxygen atoms in total. The number of guanidine groups is 1. The van der Waals surface area contributed by atoms with Gasteiger partial charge < -0.3 is 4.74 Å². The summed E-state index contributed by atoms with van der Waals surface area (Å²) in [7, 11) is -3.86. The number of benzene rings is 1. The Balaban J connectivity index is 2.32. The molecule has 1 atom stereocenters. The number of alkyl carbamates (subject to hydrolysis) is 1. The molecule has 0 spiro atoms. The zero-order valence-electron chi connectivity index (χ0n) is 13.9. The van der Waals surface area contributed by atoms with Gasteiger partial charge in [0, 0.05) is 11.1 Å². The predicted octanol–water partition coefficient (Wildman–Crippen LogP) is 1.49. The van der Waals surface area contributed by atoms with Crippen molar-refractivity contribution in [2.24, 2.45) is 4.99 Å². The molecule has 1 aliphatic rings. The second-order valence-corrected chi connectivity index (χ2v) is 8.17. The van der Waals surface area contributed by atoms with Gasteiger partial charge in [-0.25, -0.2) is 22.6 Å². The van der Waals surface area contributed by atoms with E-state index >= 15 is 0 Å². The molecule has 0 bridgehead atoms. The van der Waals surface area contributed by atoms with E-state index in [1.165, 1.54) is 12.1 Å². The molecule has 0 aliphatic carbocycles. The number of ether oxygens (including phenoxy) is 1. The van der Waals surface area contributed by atoms with Crippen molar-refractivity contribution in [2.45, 2.75) is 32.4 Å². The highest BCUT2D eigenvalue weighted by atomic mass is 32.2. The molecule has 25 heavy (non-hydrogen) atoms. The Labute approximate surface area is 144 Å². The van der Waals surface area contributed by atoms with Gasteiger partial charge in [-0.05, 0) is 39.0 Å². The van der Waals surface area contributed by atoms with E-state index in [9.17, 15) is 22.4 Å². The van der Waals surface area contributed by atoms with Gasteiger partial charge in [0.25, 0.3) is 0 Å². The first-order chi connectivity index (χ1) is 11.5. The van der Waals surface area contributed by atoms with Crippen LogP contribution in [0.3, 0.4) is 0 Å². The smallest absolute Gasteiger partial charge is 0.414 e. The van der Waals surface area contributed by atoms with Crippen molar-refractivity contribution in [2.75, 3.05) is 5.75 Å².